The Labute approximate surface area is 97.9 Å². The molecule has 1 aliphatic carbocycles. The second kappa shape index (κ2) is 5.67. The van der Waals surface area contributed by atoms with E-state index in [4.69, 9.17) is 0 Å². The fraction of sp³-hybridized carbons (Fsp3) is 0.923. The van der Waals surface area contributed by atoms with E-state index in [1.54, 1.807) is 6.92 Å². The summed E-state index contributed by atoms with van der Waals surface area (Å²) in [6.45, 7) is 3.81. The third kappa shape index (κ3) is 2.76. The molecule has 1 saturated carbocycles. The molecule has 0 aromatic rings. The van der Waals surface area contributed by atoms with Gasteiger partial charge in [-0.2, -0.15) is 0 Å². The molecule has 0 saturated heterocycles. The third-order valence-electron chi connectivity index (χ3n) is 4.06. The van der Waals surface area contributed by atoms with Crippen LogP contribution in [-0.2, 0) is 4.79 Å². The van der Waals surface area contributed by atoms with Crippen molar-refractivity contribution < 1.29 is 15.0 Å². The van der Waals surface area contributed by atoms with E-state index in [-0.39, 0.29) is 5.92 Å². The normalized spacial score (nSPS) is 30.4. The lowest BCUT2D eigenvalue weighted by atomic mass is 9.69. The number of aliphatic hydroxyl groups is 1. The standard InChI is InChI=1S/C13H24O3/c1-3-9-13(2,12(15)16)10-7-5-4-6-8-11(10)14/h10-11,14H,3-9H2,1-2H3,(H,15,16). The molecule has 0 aliphatic heterocycles. The van der Waals surface area contributed by atoms with Crippen LogP contribution in [-0.4, -0.2) is 22.3 Å². The number of hydrogen-bond acceptors (Lipinski definition) is 2. The summed E-state index contributed by atoms with van der Waals surface area (Å²) in [4.78, 5) is 11.5. The molecule has 16 heavy (non-hydrogen) atoms. The molecule has 94 valence electrons. The van der Waals surface area contributed by atoms with Gasteiger partial charge in [0.25, 0.3) is 0 Å². The number of carboxylic acids is 1. The van der Waals surface area contributed by atoms with E-state index in [9.17, 15) is 15.0 Å². The third-order valence-corrected chi connectivity index (χ3v) is 4.06. The first kappa shape index (κ1) is 13.5. The second-order valence-electron chi connectivity index (χ2n) is 5.28. The van der Waals surface area contributed by atoms with Crippen molar-refractivity contribution in [3.63, 3.8) is 0 Å². The number of carboxylic acid groups (broad SMARTS) is 1. The summed E-state index contributed by atoms with van der Waals surface area (Å²) in [6.07, 6.45) is 5.88. The molecule has 0 amide bonds. The van der Waals surface area contributed by atoms with E-state index in [1.807, 2.05) is 6.92 Å². The zero-order valence-corrected chi connectivity index (χ0v) is 10.4. The van der Waals surface area contributed by atoms with E-state index in [1.165, 1.54) is 0 Å². The fourth-order valence-electron chi connectivity index (χ4n) is 3.00. The Kier molecular flexibility index (Phi) is 4.78. The molecular weight excluding hydrogens is 204 g/mol. The number of carbonyl (C=O) groups is 1. The van der Waals surface area contributed by atoms with Crippen LogP contribution < -0.4 is 0 Å². The van der Waals surface area contributed by atoms with E-state index >= 15 is 0 Å². The van der Waals surface area contributed by atoms with Gasteiger partial charge in [0.15, 0.2) is 0 Å². The number of aliphatic carboxylic acids is 1. The SMILES string of the molecule is CCCC(C)(C(=O)O)C1CCCCCC1O. The van der Waals surface area contributed by atoms with Gasteiger partial charge in [-0.25, -0.2) is 0 Å². The molecule has 0 heterocycles. The van der Waals surface area contributed by atoms with Crippen LogP contribution in [0.2, 0.25) is 0 Å². The van der Waals surface area contributed by atoms with Crippen LogP contribution >= 0.6 is 0 Å². The lowest BCUT2D eigenvalue weighted by Gasteiger charge is -2.36. The van der Waals surface area contributed by atoms with Crippen molar-refractivity contribution in [2.45, 2.75) is 64.9 Å². The number of aliphatic hydroxyl groups excluding tert-OH is 1. The molecule has 0 aromatic heterocycles. The van der Waals surface area contributed by atoms with Crippen molar-refractivity contribution in [2.75, 3.05) is 0 Å². The van der Waals surface area contributed by atoms with Crippen molar-refractivity contribution in [2.24, 2.45) is 11.3 Å². The van der Waals surface area contributed by atoms with Gasteiger partial charge in [0.05, 0.1) is 11.5 Å². The maximum Gasteiger partial charge on any atom is 0.309 e. The Bertz CT molecular complexity index is 239. The Morgan fingerprint density at radius 2 is 1.94 bits per heavy atom. The van der Waals surface area contributed by atoms with Crippen LogP contribution in [0.5, 0.6) is 0 Å². The summed E-state index contributed by atoms with van der Waals surface area (Å²) >= 11 is 0. The smallest absolute Gasteiger partial charge is 0.309 e. The Morgan fingerprint density at radius 3 is 2.50 bits per heavy atom. The Balaban J connectivity index is 2.86. The lowest BCUT2D eigenvalue weighted by molar-refractivity contribution is -0.155. The first-order valence-electron chi connectivity index (χ1n) is 6.44. The molecule has 3 heteroatoms. The molecular formula is C13H24O3. The molecule has 0 spiro atoms. The van der Waals surface area contributed by atoms with Crippen LogP contribution in [0.4, 0.5) is 0 Å². The van der Waals surface area contributed by atoms with Crippen LogP contribution in [0.25, 0.3) is 0 Å². The van der Waals surface area contributed by atoms with E-state index < -0.39 is 17.5 Å². The molecule has 3 unspecified atom stereocenters. The molecule has 1 fully saturated rings. The van der Waals surface area contributed by atoms with Crippen molar-refractivity contribution in [1.29, 1.82) is 0 Å². The Morgan fingerprint density at radius 1 is 1.31 bits per heavy atom. The van der Waals surface area contributed by atoms with Gasteiger partial charge in [0.1, 0.15) is 0 Å². The van der Waals surface area contributed by atoms with Crippen molar-refractivity contribution in [1.82, 2.24) is 0 Å². The van der Waals surface area contributed by atoms with Gasteiger partial charge in [-0.05, 0) is 26.2 Å². The summed E-state index contributed by atoms with van der Waals surface area (Å²) < 4.78 is 0. The van der Waals surface area contributed by atoms with Gasteiger partial charge in [-0.15, -0.1) is 0 Å². The van der Waals surface area contributed by atoms with E-state index in [0.29, 0.717) is 6.42 Å². The predicted molar refractivity (Wildman–Crippen MR) is 63.2 cm³/mol. The molecule has 0 bridgehead atoms. The minimum Gasteiger partial charge on any atom is -0.481 e. The first-order valence-corrected chi connectivity index (χ1v) is 6.44. The van der Waals surface area contributed by atoms with Crippen LogP contribution in [0.15, 0.2) is 0 Å². The van der Waals surface area contributed by atoms with Crippen LogP contribution in [0.3, 0.4) is 0 Å². The minimum absolute atomic E-state index is 0.0764. The second-order valence-corrected chi connectivity index (χ2v) is 5.28. The number of hydrogen-bond donors (Lipinski definition) is 2. The monoisotopic (exact) mass is 228 g/mol. The maximum absolute atomic E-state index is 11.5. The highest BCUT2D eigenvalue weighted by Crippen LogP contribution is 2.41. The van der Waals surface area contributed by atoms with Gasteiger partial charge < -0.3 is 10.2 Å². The topological polar surface area (TPSA) is 57.5 Å². The van der Waals surface area contributed by atoms with Gasteiger partial charge in [-0.3, -0.25) is 4.79 Å². The Hall–Kier alpha value is -0.570. The van der Waals surface area contributed by atoms with Crippen LogP contribution in [0, 0.1) is 11.3 Å². The summed E-state index contributed by atoms with van der Waals surface area (Å²) in [6, 6.07) is 0. The highest BCUT2D eigenvalue weighted by Gasteiger charge is 2.44. The highest BCUT2D eigenvalue weighted by molar-refractivity contribution is 5.74. The molecule has 3 nitrogen and oxygen atoms in total. The number of rotatable bonds is 4. The van der Waals surface area contributed by atoms with Gasteiger partial charge >= 0.3 is 5.97 Å². The molecule has 3 atom stereocenters. The minimum atomic E-state index is -0.751. The van der Waals surface area contributed by atoms with Crippen molar-refractivity contribution in [3.05, 3.63) is 0 Å². The summed E-state index contributed by atoms with van der Waals surface area (Å²) in [5.41, 5.74) is -0.751. The van der Waals surface area contributed by atoms with E-state index in [0.717, 1.165) is 38.5 Å². The summed E-state index contributed by atoms with van der Waals surface area (Å²) in [7, 11) is 0. The van der Waals surface area contributed by atoms with Gasteiger partial charge in [-0.1, -0.05) is 32.6 Å². The van der Waals surface area contributed by atoms with Crippen molar-refractivity contribution in [3.8, 4) is 0 Å². The molecule has 2 N–H and O–H groups in total. The maximum atomic E-state index is 11.5. The van der Waals surface area contributed by atoms with Gasteiger partial charge in [0.2, 0.25) is 0 Å². The largest absolute Gasteiger partial charge is 0.481 e. The van der Waals surface area contributed by atoms with Gasteiger partial charge in [0, 0.05) is 5.92 Å². The predicted octanol–water partition coefficient (Wildman–Crippen LogP) is 2.82. The summed E-state index contributed by atoms with van der Waals surface area (Å²) in [5.74, 6) is -0.826. The van der Waals surface area contributed by atoms with Crippen LogP contribution in [0.1, 0.15) is 58.8 Å². The lowest BCUT2D eigenvalue weighted by Crippen LogP contribution is -2.41. The van der Waals surface area contributed by atoms with Crippen molar-refractivity contribution >= 4 is 5.97 Å². The highest BCUT2D eigenvalue weighted by atomic mass is 16.4. The first-order chi connectivity index (χ1) is 7.52. The summed E-state index contributed by atoms with van der Waals surface area (Å²) in [5, 5.41) is 19.5. The average molecular weight is 228 g/mol. The zero-order chi connectivity index (χ0) is 12.2. The molecule has 1 aliphatic rings. The molecule has 0 aromatic carbocycles. The quantitative estimate of drug-likeness (QED) is 0.727. The zero-order valence-electron chi connectivity index (χ0n) is 10.4. The fourth-order valence-corrected chi connectivity index (χ4v) is 3.00. The molecule has 1 rings (SSSR count). The van der Waals surface area contributed by atoms with E-state index in [2.05, 4.69) is 0 Å². The average Bonchev–Trinajstić information content (AvgIpc) is 2.43. The molecule has 0 radical (unpaired) electrons.